The van der Waals surface area contributed by atoms with E-state index >= 15 is 0 Å². The van der Waals surface area contributed by atoms with Gasteiger partial charge in [-0.2, -0.15) is 13.2 Å². The van der Waals surface area contributed by atoms with E-state index in [0.717, 1.165) is 22.7 Å². The summed E-state index contributed by atoms with van der Waals surface area (Å²) in [5.74, 6) is 1.11. The normalized spacial score (nSPS) is 11.8. The molecule has 0 unspecified atom stereocenters. The number of halogens is 4. The number of nitrogens with one attached hydrogen (secondary N) is 2. The van der Waals surface area contributed by atoms with Gasteiger partial charge in [-0.15, -0.1) is 35.3 Å². The lowest BCUT2D eigenvalue weighted by molar-refractivity contribution is -0.137. The number of benzene rings is 1. The maximum Gasteiger partial charge on any atom is 0.416 e. The minimum Gasteiger partial charge on any atom is -0.443 e. The number of alkyl halides is 3. The number of guanidine groups is 1. The predicted octanol–water partition coefficient (Wildman–Crippen LogP) is 5.30. The van der Waals surface area contributed by atoms with Crippen LogP contribution in [0.25, 0.3) is 10.8 Å². The number of thiophene rings is 1. The molecule has 0 spiro atoms. The number of aromatic nitrogens is 1. The Balaban J connectivity index is 0.00000300. The Kier molecular flexibility index (Phi) is 8.50. The molecule has 5 nitrogen and oxygen atoms in total. The summed E-state index contributed by atoms with van der Waals surface area (Å²) < 4.78 is 43.4. The predicted molar refractivity (Wildman–Crippen MR) is 118 cm³/mol. The third-order valence-corrected chi connectivity index (χ3v) is 4.62. The zero-order chi connectivity index (χ0) is 20.0. The van der Waals surface area contributed by atoms with Crippen molar-refractivity contribution < 1.29 is 17.6 Å². The second-order valence-electron chi connectivity index (χ2n) is 5.86. The van der Waals surface area contributed by atoms with Crippen LogP contribution in [-0.4, -0.2) is 17.5 Å². The Morgan fingerprint density at radius 1 is 1.17 bits per heavy atom. The van der Waals surface area contributed by atoms with E-state index in [1.54, 1.807) is 17.6 Å². The van der Waals surface area contributed by atoms with E-state index in [1.807, 2.05) is 24.4 Å². The van der Waals surface area contributed by atoms with Gasteiger partial charge in [-0.3, -0.25) is 0 Å². The summed E-state index contributed by atoms with van der Waals surface area (Å²) >= 11 is 1.55. The highest BCUT2D eigenvalue weighted by Gasteiger charge is 2.29. The van der Waals surface area contributed by atoms with E-state index in [0.29, 0.717) is 30.5 Å². The molecule has 0 atom stereocenters. The van der Waals surface area contributed by atoms with Crippen LogP contribution in [0.3, 0.4) is 0 Å². The third-order valence-electron chi connectivity index (χ3n) is 3.77. The molecule has 3 aromatic rings. The van der Waals surface area contributed by atoms with Crippen molar-refractivity contribution in [2.24, 2.45) is 4.99 Å². The number of hydrogen-bond acceptors (Lipinski definition) is 4. The molecule has 0 saturated heterocycles. The molecule has 10 heteroatoms. The van der Waals surface area contributed by atoms with Gasteiger partial charge >= 0.3 is 6.18 Å². The van der Waals surface area contributed by atoms with E-state index in [2.05, 4.69) is 20.6 Å². The molecule has 2 N–H and O–H groups in total. The van der Waals surface area contributed by atoms with Gasteiger partial charge in [-0.25, -0.2) is 9.98 Å². The van der Waals surface area contributed by atoms with Crippen LogP contribution < -0.4 is 10.6 Å². The molecule has 0 aliphatic heterocycles. The molecular weight excluding hydrogens is 516 g/mol. The fourth-order valence-corrected chi connectivity index (χ4v) is 3.04. The van der Waals surface area contributed by atoms with Gasteiger partial charge in [0, 0.05) is 6.54 Å². The Morgan fingerprint density at radius 3 is 2.55 bits per heavy atom. The van der Waals surface area contributed by atoms with Crippen LogP contribution in [-0.2, 0) is 19.3 Å². The van der Waals surface area contributed by atoms with Gasteiger partial charge in [0.1, 0.15) is 6.26 Å². The molecule has 0 radical (unpaired) electrons. The summed E-state index contributed by atoms with van der Waals surface area (Å²) in [5.41, 5.74) is 0.744. The summed E-state index contributed by atoms with van der Waals surface area (Å²) in [6.45, 7) is 3.25. The Hall–Kier alpha value is -2.08. The van der Waals surface area contributed by atoms with Gasteiger partial charge in [0.2, 0.25) is 5.89 Å². The quantitative estimate of drug-likeness (QED) is 0.255. The molecule has 156 valence electrons. The van der Waals surface area contributed by atoms with Crippen LogP contribution in [0.2, 0.25) is 0 Å². The summed E-state index contributed by atoms with van der Waals surface area (Å²) in [6, 6.07) is 8.85. The Bertz CT molecular complexity index is 908. The second kappa shape index (κ2) is 10.6. The van der Waals surface area contributed by atoms with Gasteiger partial charge in [-0.05, 0) is 36.1 Å². The van der Waals surface area contributed by atoms with Crippen LogP contribution in [0.4, 0.5) is 13.2 Å². The number of hydrogen-bond donors (Lipinski definition) is 2. The van der Waals surface area contributed by atoms with Crippen molar-refractivity contribution in [3.8, 4) is 10.8 Å². The smallest absolute Gasteiger partial charge is 0.416 e. The van der Waals surface area contributed by atoms with E-state index in [9.17, 15) is 13.2 Å². The van der Waals surface area contributed by atoms with Crippen molar-refractivity contribution in [2.75, 3.05) is 6.54 Å². The first-order chi connectivity index (χ1) is 13.5. The summed E-state index contributed by atoms with van der Waals surface area (Å²) in [5, 5.41) is 8.19. The van der Waals surface area contributed by atoms with Crippen molar-refractivity contribution in [1.82, 2.24) is 15.6 Å². The standard InChI is InChI=1S/C19H19F3N4OS.HI/c1-2-23-18(24-10-13-5-7-14(8-6-13)19(20,21)22)25-11-15-12-27-17(26-15)16-4-3-9-28-16;/h3-9,12H,2,10-11H2,1H3,(H2,23,24,25);1H. The minimum atomic E-state index is -4.34. The van der Waals surface area contributed by atoms with Crippen molar-refractivity contribution in [3.05, 3.63) is 64.9 Å². The molecule has 29 heavy (non-hydrogen) atoms. The molecular formula is C19H20F3IN4OS. The topological polar surface area (TPSA) is 62.5 Å². The van der Waals surface area contributed by atoms with Gasteiger partial charge in [0.25, 0.3) is 0 Å². The van der Waals surface area contributed by atoms with Crippen molar-refractivity contribution in [1.29, 1.82) is 0 Å². The molecule has 2 aromatic heterocycles. The zero-order valence-electron chi connectivity index (χ0n) is 15.5. The fraction of sp³-hybridized carbons (Fsp3) is 0.263. The average Bonchev–Trinajstić information content (AvgIpc) is 3.35. The Morgan fingerprint density at radius 2 is 1.93 bits per heavy atom. The minimum absolute atomic E-state index is 0. The van der Waals surface area contributed by atoms with Gasteiger partial charge < -0.3 is 15.1 Å². The highest BCUT2D eigenvalue weighted by molar-refractivity contribution is 14.0. The molecule has 3 rings (SSSR count). The number of aliphatic imine (C=N–C) groups is 1. The highest BCUT2D eigenvalue weighted by Crippen LogP contribution is 2.29. The van der Waals surface area contributed by atoms with Crippen LogP contribution in [0.1, 0.15) is 23.7 Å². The largest absolute Gasteiger partial charge is 0.443 e. The number of nitrogens with zero attached hydrogens (tertiary/aromatic N) is 2. The lowest BCUT2D eigenvalue weighted by atomic mass is 10.1. The monoisotopic (exact) mass is 536 g/mol. The van der Waals surface area contributed by atoms with E-state index in [-0.39, 0.29) is 30.5 Å². The number of rotatable bonds is 6. The van der Waals surface area contributed by atoms with E-state index < -0.39 is 11.7 Å². The zero-order valence-corrected chi connectivity index (χ0v) is 18.6. The summed E-state index contributed by atoms with van der Waals surface area (Å²) in [4.78, 5) is 9.78. The fourth-order valence-electron chi connectivity index (χ4n) is 2.39. The molecule has 0 aliphatic rings. The first-order valence-electron chi connectivity index (χ1n) is 8.62. The van der Waals surface area contributed by atoms with Crippen LogP contribution >= 0.6 is 35.3 Å². The molecule has 0 amide bonds. The highest BCUT2D eigenvalue weighted by atomic mass is 127. The number of oxazole rings is 1. The molecule has 0 fully saturated rings. The van der Waals surface area contributed by atoms with Crippen molar-refractivity contribution in [3.63, 3.8) is 0 Å². The van der Waals surface area contributed by atoms with Gasteiger partial charge in [0.15, 0.2) is 5.96 Å². The van der Waals surface area contributed by atoms with E-state index in [4.69, 9.17) is 4.42 Å². The maximum absolute atomic E-state index is 12.6. The SMILES string of the molecule is CCNC(=NCc1ccc(C(F)(F)F)cc1)NCc1coc(-c2cccs2)n1.I. The first-order valence-corrected chi connectivity index (χ1v) is 9.50. The lowest BCUT2D eigenvalue weighted by Crippen LogP contribution is -2.36. The Labute approximate surface area is 187 Å². The van der Waals surface area contributed by atoms with Crippen LogP contribution in [0.5, 0.6) is 0 Å². The molecule has 0 bridgehead atoms. The third kappa shape index (κ3) is 6.74. The maximum atomic E-state index is 12.6. The van der Waals surface area contributed by atoms with Crippen LogP contribution in [0.15, 0.2) is 57.5 Å². The van der Waals surface area contributed by atoms with Gasteiger partial charge in [0.05, 0.1) is 29.2 Å². The average molecular weight is 536 g/mol. The van der Waals surface area contributed by atoms with E-state index in [1.165, 1.54) is 12.1 Å². The second-order valence-corrected chi connectivity index (χ2v) is 6.81. The summed E-state index contributed by atoms with van der Waals surface area (Å²) in [7, 11) is 0. The molecule has 0 saturated carbocycles. The lowest BCUT2D eigenvalue weighted by Gasteiger charge is -2.10. The van der Waals surface area contributed by atoms with Crippen LogP contribution in [0, 0.1) is 0 Å². The van der Waals surface area contributed by atoms with Crippen molar-refractivity contribution >= 4 is 41.3 Å². The molecule has 0 aliphatic carbocycles. The molecule has 2 heterocycles. The summed E-state index contributed by atoms with van der Waals surface area (Å²) in [6.07, 6.45) is -2.75. The first kappa shape index (κ1) is 23.2. The van der Waals surface area contributed by atoms with Crippen molar-refractivity contribution in [2.45, 2.75) is 26.2 Å². The molecule has 1 aromatic carbocycles. The van der Waals surface area contributed by atoms with Gasteiger partial charge in [-0.1, -0.05) is 18.2 Å².